The zero-order valence-corrected chi connectivity index (χ0v) is 9.12. The number of benzene rings is 1. The van der Waals surface area contributed by atoms with Crippen molar-refractivity contribution in [3.05, 3.63) is 47.1 Å². The van der Waals surface area contributed by atoms with E-state index in [2.05, 4.69) is 4.98 Å². The second-order valence-corrected chi connectivity index (χ2v) is 3.86. The van der Waals surface area contributed by atoms with E-state index in [0.717, 1.165) is 21.7 Å². The standard InChI is InChI=1S/C12H11ClN2/c1-8-2-4-10(11(13)6-8)9-3-5-12(14)15-7-9/h2-7H,1H3,(H2,14,15). The number of nitrogen functional groups attached to an aromatic ring is 1. The molecular weight excluding hydrogens is 208 g/mol. The number of hydrogen-bond donors (Lipinski definition) is 1. The van der Waals surface area contributed by atoms with Crippen molar-refractivity contribution in [1.29, 1.82) is 0 Å². The molecule has 0 atom stereocenters. The number of rotatable bonds is 1. The minimum absolute atomic E-state index is 0.516. The first-order valence-electron chi connectivity index (χ1n) is 4.65. The molecule has 0 saturated carbocycles. The van der Waals surface area contributed by atoms with Crippen LogP contribution in [0.2, 0.25) is 5.02 Å². The lowest BCUT2D eigenvalue weighted by molar-refractivity contribution is 1.33. The number of nitrogens with two attached hydrogens (primary N) is 1. The lowest BCUT2D eigenvalue weighted by Gasteiger charge is -2.05. The van der Waals surface area contributed by atoms with Gasteiger partial charge in [0.15, 0.2) is 0 Å². The first-order chi connectivity index (χ1) is 7.16. The summed E-state index contributed by atoms with van der Waals surface area (Å²) < 4.78 is 0. The lowest BCUT2D eigenvalue weighted by Crippen LogP contribution is -1.89. The summed E-state index contributed by atoms with van der Waals surface area (Å²) in [6.07, 6.45) is 1.73. The zero-order valence-electron chi connectivity index (χ0n) is 8.37. The second-order valence-electron chi connectivity index (χ2n) is 3.46. The van der Waals surface area contributed by atoms with Crippen LogP contribution in [0.3, 0.4) is 0 Å². The first-order valence-corrected chi connectivity index (χ1v) is 5.02. The number of nitrogens with zero attached hydrogens (tertiary/aromatic N) is 1. The second kappa shape index (κ2) is 3.91. The summed E-state index contributed by atoms with van der Waals surface area (Å²) in [5.41, 5.74) is 8.63. The van der Waals surface area contributed by atoms with E-state index in [1.54, 1.807) is 12.3 Å². The predicted molar refractivity (Wildman–Crippen MR) is 63.8 cm³/mol. The quantitative estimate of drug-likeness (QED) is 0.798. The Balaban J connectivity index is 2.49. The number of hydrogen-bond acceptors (Lipinski definition) is 2. The summed E-state index contributed by atoms with van der Waals surface area (Å²) in [5, 5.41) is 0.738. The number of anilines is 1. The van der Waals surface area contributed by atoms with Crippen LogP contribution in [0, 0.1) is 6.92 Å². The van der Waals surface area contributed by atoms with E-state index in [4.69, 9.17) is 17.3 Å². The molecule has 0 radical (unpaired) electrons. The Bertz CT molecular complexity index is 477. The van der Waals surface area contributed by atoms with Gasteiger partial charge in [0.05, 0.1) is 0 Å². The molecule has 0 unspecified atom stereocenters. The van der Waals surface area contributed by atoms with Gasteiger partial charge in [0.25, 0.3) is 0 Å². The van der Waals surface area contributed by atoms with E-state index in [1.165, 1.54) is 0 Å². The fourth-order valence-corrected chi connectivity index (χ4v) is 1.76. The highest BCUT2D eigenvalue weighted by Gasteiger charge is 2.03. The van der Waals surface area contributed by atoms with Gasteiger partial charge < -0.3 is 5.73 Å². The van der Waals surface area contributed by atoms with E-state index < -0.39 is 0 Å². The highest BCUT2D eigenvalue weighted by molar-refractivity contribution is 6.33. The van der Waals surface area contributed by atoms with E-state index in [-0.39, 0.29) is 0 Å². The Morgan fingerprint density at radius 1 is 1.20 bits per heavy atom. The summed E-state index contributed by atoms with van der Waals surface area (Å²) in [5.74, 6) is 0.516. The molecule has 2 N–H and O–H groups in total. The van der Waals surface area contributed by atoms with E-state index in [0.29, 0.717) is 5.82 Å². The van der Waals surface area contributed by atoms with Gasteiger partial charge in [0.2, 0.25) is 0 Å². The molecule has 2 rings (SSSR count). The maximum absolute atomic E-state index is 6.14. The summed E-state index contributed by atoms with van der Waals surface area (Å²) in [7, 11) is 0. The van der Waals surface area contributed by atoms with Gasteiger partial charge in [-0.05, 0) is 30.7 Å². The fourth-order valence-electron chi connectivity index (χ4n) is 1.42. The van der Waals surface area contributed by atoms with Crippen LogP contribution < -0.4 is 5.73 Å². The van der Waals surface area contributed by atoms with E-state index >= 15 is 0 Å². The van der Waals surface area contributed by atoms with E-state index in [9.17, 15) is 0 Å². The van der Waals surface area contributed by atoms with Crippen molar-refractivity contribution >= 4 is 17.4 Å². The van der Waals surface area contributed by atoms with Gasteiger partial charge in [-0.15, -0.1) is 0 Å². The molecule has 0 saturated heterocycles. The fraction of sp³-hybridized carbons (Fsp3) is 0.0833. The first kappa shape index (κ1) is 9.99. The molecule has 0 aliphatic rings. The molecule has 0 bridgehead atoms. The summed E-state index contributed by atoms with van der Waals surface area (Å²) in [4.78, 5) is 4.04. The smallest absolute Gasteiger partial charge is 0.123 e. The van der Waals surface area contributed by atoms with Crippen molar-refractivity contribution in [1.82, 2.24) is 4.98 Å². The van der Waals surface area contributed by atoms with Crippen molar-refractivity contribution < 1.29 is 0 Å². The van der Waals surface area contributed by atoms with Gasteiger partial charge in [0.1, 0.15) is 5.82 Å². The predicted octanol–water partition coefficient (Wildman–Crippen LogP) is 3.29. The molecule has 1 aromatic heterocycles. The summed E-state index contributed by atoms with van der Waals surface area (Å²) >= 11 is 6.14. The van der Waals surface area contributed by atoms with Crippen LogP contribution in [-0.2, 0) is 0 Å². The molecule has 15 heavy (non-hydrogen) atoms. The minimum atomic E-state index is 0.516. The van der Waals surface area contributed by atoms with Gasteiger partial charge in [0, 0.05) is 22.3 Å². The number of halogens is 1. The molecule has 1 aromatic carbocycles. The Labute approximate surface area is 93.7 Å². The van der Waals surface area contributed by atoms with Crippen LogP contribution in [0.5, 0.6) is 0 Å². The van der Waals surface area contributed by atoms with Crippen LogP contribution in [0.15, 0.2) is 36.5 Å². The maximum Gasteiger partial charge on any atom is 0.123 e. The van der Waals surface area contributed by atoms with Gasteiger partial charge in [-0.1, -0.05) is 23.7 Å². The van der Waals surface area contributed by atoms with Gasteiger partial charge >= 0.3 is 0 Å². The lowest BCUT2D eigenvalue weighted by atomic mass is 10.1. The third-order valence-corrected chi connectivity index (χ3v) is 2.53. The maximum atomic E-state index is 6.14. The number of pyridine rings is 1. The molecule has 3 heteroatoms. The average molecular weight is 219 g/mol. The largest absolute Gasteiger partial charge is 0.384 e. The Morgan fingerprint density at radius 3 is 2.60 bits per heavy atom. The third-order valence-electron chi connectivity index (χ3n) is 2.22. The molecule has 0 spiro atoms. The SMILES string of the molecule is Cc1ccc(-c2ccc(N)nc2)c(Cl)c1. The summed E-state index contributed by atoms with van der Waals surface area (Å²) in [6, 6.07) is 9.64. The molecular formula is C12H11ClN2. The van der Waals surface area contributed by atoms with Crippen molar-refractivity contribution in [3.63, 3.8) is 0 Å². The molecule has 0 fully saturated rings. The van der Waals surface area contributed by atoms with Crippen molar-refractivity contribution in [2.75, 3.05) is 5.73 Å². The van der Waals surface area contributed by atoms with Crippen molar-refractivity contribution in [2.24, 2.45) is 0 Å². The highest BCUT2D eigenvalue weighted by atomic mass is 35.5. The Kier molecular flexibility index (Phi) is 2.60. The van der Waals surface area contributed by atoms with Crippen LogP contribution in [-0.4, -0.2) is 4.98 Å². The van der Waals surface area contributed by atoms with Gasteiger partial charge in [-0.25, -0.2) is 4.98 Å². The Hall–Kier alpha value is -1.54. The van der Waals surface area contributed by atoms with Crippen molar-refractivity contribution in [2.45, 2.75) is 6.92 Å². The van der Waals surface area contributed by atoms with Crippen LogP contribution in [0.4, 0.5) is 5.82 Å². The molecule has 2 aromatic rings. The minimum Gasteiger partial charge on any atom is -0.384 e. The highest BCUT2D eigenvalue weighted by Crippen LogP contribution is 2.28. The number of aromatic nitrogens is 1. The summed E-state index contributed by atoms with van der Waals surface area (Å²) in [6.45, 7) is 2.01. The average Bonchev–Trinajstić information content (AvgIpc) is 2.20. The van der Waals surface area contributed by atoms with Crippen LogP contribution in [0.25, 0.3) is 11.1 Å². The van der Waals surface area contributed by atoms with Crippen LogP contribution in [0.1, 0.15) is 5.56 Å². The van der Waals surface area contributed by atoms with E-state index in [1.807, 2.05) is 31.2 Å². The monoisotopic (exact) mass is 218 g/mol. The normalized spacial score (nSPS) is 10.3. The molecule has 2 nitrogen and oxygen atoms in total. The Morgan fingerprint density at radius 2 is 2.00 bits per heavy atom. The van der Waals surface area contributed by atoms with Gasteiger partial charge in [-0.2, -0.15) is 0 Å². The van der Waals surface area contributed by atoms with Gasteiger partial charge in [-0.3, -0.25) is 0 Å². The molecule has 0 aliphatic heterocycles. The zero-order chi connectivity index (χ0) is 10.8. The molecule has 76 valence electrons. The third kappa shape index (κ3) is 2.10. The molecule has 0 aliphatic carbocycles. The van der Waals surface area contributed by atoms with Crippen molar-refractivity contribution in [3.8, 4) is 11.1 Å². The number of aryl methyl sites for hydroxylation is 1. The van der Waals surface area contributed by atoms with Crippen LogP contribution >= 0.6 is 11.6 Å². The topological polar surface area (TPSA) is 38.9 Å². The molecule has 1 heterocycles. The molecule has 0 amide bonds.